The minimum Gasteiger partial charge on any atom is -0.492 e. The van der Waals surface area contributed by atoms with E-state index in [1.165, 1.54) is 0 Å². The fraction of sp³-hybridized carbons (Fsp3) is 0.304. The van der Waals surface area contributed by atoms with Crippen LogP contribution in [-0.4, -0.2) is 58.2 Å². The largest absolute Gasteiger partial charge is 0.492 e. The zero-order valence-electron chi connectivity index (χ0n) is 17.3. The molecule has 1 aliphatic heterocycles. The van der Waals surface area contributed by atoms with Crippen LogP contribution in [0, 0.1) is 23.7 Å². The number of ether oxygens (including phenoxy) is 1. The predicted octanol–water partition coefficient (Wildman–Crippen LogP) is 2.34. The summed E-state index contributed by atoms with van der Waals surface area (Å²) >= 11 is 0. The number of carbonyl (C=O) groups is 1. The number of amides is 1. The maximum absolute atomic E-state index is 12.0. The number of aromatic nitrogens is 3. The Morgan fingerprint density at radius 1 is 1.26 bits per heavy atom. The van der Waals surface area contributed by atoms with Crippen LogP contribution in [0.15, 0.2) is 36.8 Å². The Labute approximate surface area is 180 Å². The van der Waals surface area contributed by atoms with Gasteiger partial charge in [-0.2, -0.15) is 10.4 Å². The number of anilines is 1. The lowest BCUT2D eigenvalue weighted by molar-refractivity contribution is -0.130. The first kappa shape index (κ1) is 20.2. The number of rotatable bonds is 5. The highest BCUT2D eigenvalue weighted by Crippen LogP contribution is 2.31. The van der Waals surface area contributed by atoms with Crippen LogP contribution in [0.1, 0.15) is 18.9 Å². The Balaban J connectivity index is 1.58. The van der Waals surface area contributed by atoms with Gasteiger partial charge in [0.25, 0.3) is 0 Å². The monoisotopic (exact) mass is 414 g/mol. The van der Waals surface area contributed by atoms with E-state index in [4.69, 9.17) is 11.2 Å². The van der Waals surface area contributed by atoms with Gasteiger partial charge in [0.15, 0.2) is 0 Å². The third-order valence-corrected chi connectivity index (χ3v) is 5.29. The number of hydrogen-bond acceptors (Lipinski definition) is 6. The molecule has 1 aliphatic rings. The Morgan fingerprint density at radius 3 is 2.71 bits per heavy atom. The second kappa shape index (κ2) is 8.76. The van der Waals surface area contributed by atoms with E-state index >= 15 is 0 Å². The molecular weight excluding hydrogens is 392 g/mol. The molecule has 0 spiro atoms. The highest BCUT2D eigenvalue weighted by Gasteiger charge is 2.21. The van der Waals surface area contributed by atoms with Gasteiger partial charge in [-0.15, -0.1) is 6.42 Å². The van der Waals surface area contributed by atoms with Crippen molar-refractivity contribution in [3.05, 3.63) is 42.4 Å². The van der Waals surface area contributed by atoms with Gasteiger partial charge in [-0.1, -0.05) is 5.92 Å². The predicted molar refractivity (Wildman–Crippen MR) is 117 cm³/mol. The molecule has 0 radical (unpaired) electrons. The lowest BCUT2D eigenvalue weighted by Gasteiger charge is -2.35. The van der Waals surface area contributed by atoms with Crippen molar-refractivity contribution in [2.75, 3.05) is 37.7 Å². The summed E-state index contributed by atoms with van der Waals surface area (Å²) in [5.74, 6) is 3.93. The van der Waals surface area contributed by atoms with Gasteiger partial charge in [0.05, 0.1) is 36.5 Å². The van der Waals surface area contributed by atoms with Gasteiger partial charge in [0.2, 0.25) is 5.91 Å². The summed E-state index contributed by atoms with van der Waals surface area (Å²) in [5.41, 5.74) is 2.93. The second-order valence-corrected chi connectivity index (χ2v) is 7.14. The zero-order chi connectivity index (χ0) is 21.8. The van der Waals surface area contributed by atoms with E-state index in [9.17, 15) is 10.1 Å². The lowest BCUT2D eigenvalue weighted by atomic mass is 10.1. The van der Waals surface area contributed by atoms with Crippen molar-refractivity contribution in [1.82, 2.24) is 19.5 Å². The summed E-state index contributed by atoms with van der Waals surface area (Å²) in [6, 6.07) is 8.05. The number of carbonyl (C=O) groups excluding carboxylic acids is 1. The topological polar surface area (TPSA) is 86.8 Å². The maximum atomic E-state index is 12.0. The number of hydrogen-bond donors (Lipinski definition) is 0. The number of terminal acetylenes is 1. The molecule has 3 aromatic heterocycles. The van der Waals surface area contributed by atoms with E-state index in [0.29, 0.717) is 44.1 Å². The molecule has 3 aromatic rings. The molecule has 8 heteroatoms. The summed E-state index contributed by atoms with van der Waals surface area (Å²) in [6.07, 6.45) is 10.5. The Bertz CT molecular complexity index is 1180. The Morgan fingerprint density at radius 2 is 2.06 bits per heavy atom. The van der Waals surface area contributed by atoms with Gasteiger partial charge in [-0.3, -0.25) is 4.79 Å². The Kier molecular flexibility index (Phi) is 5.72. The molecule has 1 amide bonds. The average molecular weight is 414 g/mol. The standard InChI is InChI=1S/C23H22N6O2/c1-3-5-22(30)28-10-8-27(9-11-28)21-7-6-17(14-25-21)20-12-19(31-4-2)16-29-23(20)18(13-24)15-26-29/h1,6-7,12,14-16H,4-5,8-11H2,2H3. The number of pyridine rings is 2. The van der Waals surface area contributed by atoms with Gasteiger partial charge >= 0.3 is 0 Å². The van der Waals surface area contributed by atoms with Crippen molar-refractivity contribution in [1.29, 1.82) is 5.26 Å². The Hall–Kier alpha value is -4.04. The van der Waals surface area contributed by atoms with Gasteiger partial charge in [0, 0.05) is 43.5 Å². The molecule has 31 heavy (non-hydrogen) atoms. The van der Waals surface area contributed by atoms with Gasteiger partial charge in [-0.05, 0) is 25.1 Å². The molecule has 0 atom stereocenters. The van der Waals surface area contributed by atoms with Gasteiger partial charge in [-0.25, -0.2) is 9.50 Å². The molecule has 1 saturated heterocycles. The fourth-order valence-electron chi connectivity index (χ4n) is 3.76. The summed E-state index contributed by atoms with van der Waals surface area (Å²) < 4.78 is 7.33. The molecule has 0 aromatic carbocycles. The molecule has 8 nitrogen and oxygen atoms in total. The molecule has 0 N–H and O–H groups in total. The zero-order valence-corrected chi connectivity index (χ0v) is 17.3. The first-order chi connectivity index (χ1) is 15.1. The molecule has 0 bridgehead atoms. The van der Waals surface area contributed by atoms with E-state index < -0.39 is 0 Å². The number of piperazine rings is 1. The molecule has 4 heterocycles. The summed E-state index contributed by atoms with van der Waals surface area (Å²) in [6.45, 7) is 5.11. The summed E-state index contributed by atoms with van der Waals surface area (Å²) in [5, 5.41) is 13.8. The number of fused-ring (bicyclic) bond motifs is 1. The van der Waals surface area contributed by atoms with Crippen LogP contribution in [0.5, 0.6) is 5.75 Å². The van der Waals surface area contributed by atoms with Crippen LogP contribution < -0.4 is 9.64 Å². The minimum atomic E-state index is -0.00208. The van der Waals surface area contributed by atoms with Crippen molar-refractivity contribution in [3.8, 4) is 35.3 Å². The molecule has 0 aliphatic carbocycles. The van der Waals surface area contributed by atoms with Crippen molar-refractivity contribution >= 4 is 17.2 Å². The van der Waals surface area contributed by atoms with E-state index in [2.05, 4.69) is 27.0 Å². The number of nitriles is 1. The van der Waals surface area contributed by atoms with Crippen molar-refractivity contribution in [3.63, 3.8) is 0 Å². The average Bonchev–Trinajstić information content (AvgIpc) is 3.22. The van der Waals surface area contributed by atoms with Crippen LogP contribution in [0.3, 0.4) is 0 Å². The third-order valence-electron chi connectivity index (χ3n) is 5.29. The van der Waals surface area contributed by atoms with Gasteiger partial charge < -0.3 is 14.5 Å². The SMILES string of the molecule is C#CCC(=O)N1CCN(c2ccc(-c3cc(OCC)cn4ncc(C#N)c34)cn2)CC1. The molecular formula is C23H22N6O2. The van der Waals surface area contributed by atoms with Crippen molar-refractivity contribution < 1.29 is 9.53 Å². The lowest BCUT2D eigenvalue weighted by Crippen LogP contribution is -2.48. The third kappa shape index (κ3) is 4.01. The molecule has 0 saturated carbocycles. The fourth-order valence-corrected chi connectivity index (χ4v) is 3.76. The highest BCUT2D eigenvalue weighted by atomic mass is 16.5. The first-order valence-electron chi connectivity index (χ1n) is 10.1. The van der Waals surface area contributed by atoms with Crippen LogP contribution >= 0.6 is 0 Å². The quantitative estimate of drug-likeness (QED) is 0.596. The van der Waals surface area contributed by atoms with Gasteiger partial charge in [0.1, 0.15) is 17.6 Å². The molecule has 1 fully saturated rings. The molecule has 4 rings (SSSR count). The second-order valence-electron chi connectivity index (χ2n) is 7.14. The highest BCUT2D eigenvalue weighted by molar-refractivity contribution is 5.85. The number of nitrogens with zero attached hydrogens (tertiary/aromatic N) is 6. The summed E-state index contributed by atoms with van der Waals surface area (Å²) in [4.78, 5) is 20.6. The minimum absolute atomic E-state index is 0.00208. The van der Waals surface area contributed by atoms with E-state index in [-0.39, 0.29) is 12.3 Å². The van der Waals surface area contributed by atoms with Crippen LogP contribution in [-0.2, 0) is 4.79 Å². The van der Waals surface area contributed by atoms with Crippen LogP contribution in [0.2, 0.25) is 0 Å². The maximum Gasteiger partial charge on any atom is 0.234 e. The van der Waals surface area contributed by atoms with E-state index in [1.807, 2.05) is 25.1 Å². The normalized spacial score (nSPS) is 13.6. The molecule has 0 unspecified atom stereocenters. The van der Waals surface area contributed by atoms with Crippen LogP contribution in [0.4, 0.5) is 5.82 Å². The van der Waals surface area contributed by atoms with Crippen molar-refractivity contribution in [2.24, 2.45) is 0 Å². The molecule has 156 valence electrons. The van der Waals surface area contributed by atoms with Crippen molar-refractivity contribution in [2.45, 2.75) is 13.3 Å². The summed E-state index contributed by atoms with van der Waals surface area (Å²) in [7, 11) is 0. The van der Waals surface area contributed by atoms with E-state index in [0.717, 1.165) is 22.5 Å². The smallest absolute Gasteiger partial charge is 0.234 e. The van der Waals surface area contributed by atoms with E-state index in [1.54, 1.807) is 28.0 Å². The van der Waals surface area contributed by atoms with Crippen LogP contribution in [0.25, 0.3) is 16.6 Å². The first-order valence-corrected chi connectivity index (χ1v) is 10.1.